The van der Waals surface area contributed by atoms with Gasteiger partial charge in [0.25, 0.3) is 5.91 Å². The fourth-order valence-electron chi connectivity index (χ4n) is 4.32. The quantitative estimate of drug-likeness (QED) is 0.723. The van der Waals surface area contributed by atoms with Crippen LogP contribution < -0.4 is 15.0 Å². The molecule has 2 aromatic rings. The minimum Gasteiger partial charge on any atom is -0.488 e. The molecule has 0 unspecified atom stereocenters. The maximum absolute atomic E-state index is 12.9. The molecular formula is C24H28N4O3. The van der Waals surface area contributed by atoms with Crippen LogP contribution in [-0.2, 0) is 6.54 Å². The Kier molecular flexibility index (Phi) is 5.59. The zero-order chi connectivity index (χ0) is 21.2. The monoisotopic (exact) mass is 420 g/mol. The zero-order valence-electron chi connectivity index (χ0n) is 17.7. The van der Waals surface area contributed by atoms with Gasteiger partial charge in [-0.3, -0.25) is 9.59 Å². The Hall–Kier alpha value is -2.93. The molecule has 0 radical (unpaired) electrons. The van der Waals surface area contributed by atoms with Crippen molar-refractivity contribution < 1.29 is 14.3 Å². The lowest BCUT2D eigenvalue weighted by Crippen LogP contribution is -2.36. The smallest absolute Gasteiger partial charge is 0.255 e. The number of likely N-dealkylation sites (tertiary alicyclic amines) is 1. The molecule has 0 atom stereocenters. The van der Waals surface area contributed by atoms with Gasteiger partial charge < -0.3 is 19.9 Å². The lowest BCUT2D eigenvalue weighted by atomic mass is 10.1. The SMILES string of the molecule is O=Cc1ccc(N2CCOc3cc(C(=O)N4CCCCC4)cnc32)cc1CNC1CC1. The number of piperidine rings is 1. The van der Waals surface area contributed by atoms with Crippen LogP contribution in [0.1, 0.15) is 58.4 Å². The molecule has 5 rings (SSSR count). The van der Waals surface area contributed by atoms with Crippen molar-refractivity contribution >= 4 is 23.7 Å². The van der Waals surface area contributed by atoms with Gasteiger partial charge in [-0.2, -0.15) is 0 Å². The molecule has 3 aliphatic rings. The highest BCUT2D eigenvalue weighted by molar-refractivity contribution is 5.95. The van der Waals surface area contributed by atoms with Gasteiger partial charge in [0.1, 0.15) is 12.9 Å². The van der Waals surface area contributed by atoms with Gasteiger partial charge in [0, 0.05) is 43.1 Å². The van der Waals surface area contributed by atoms with E-state index in [1.165, 1.54) is 19.3 Å². The molecule has 0 spiro atoms. The molecule has 7 heteroatoms. The van der Waals surface area contributed by atoms with Crippen LogP contribution in [0.25, 0.3) is 0 Å². The average Bonchev–Trinajstić information content (AvgIpc) is 3.66. The first-order valence-corrected chi connectivity index (χ1v) is 11.2. The first-order chi connectivity index (χ1) is 15.2. The van der Waals surface area contributed by atoms with Gasteiger partial charge in [-0.25, -0.2) is 4.98 Å². The maximum Gasteiger partial charge on any atom is 0.255 e. The molecule has 1 saturated heterocycles. The van der Waals surface area contributed by atoms with Crippen LogP contribution in [0.4, 0.5) is 11.5 Å². The van der Waals surface area contributed by atoms with E-state index >= 15 is 0 Å². The number of nitrogens with one attached hydrogen (secondary N) is 1. The van der Waals surface area contributed by atoms with E-state index in [9.17, 15) is 9.59 Å². The number of pyridine rings is 1. The number of amides is 1. The first kappa shape index (κ1) is 20.0. The Morgan fingerprint density at radius 3 is 2.77 bits per heavy atom. The first-order valence-electron chi connectivity index (χ1n) is 11.2. The molecule has 31 heavy (non-hydrogen) atoms. The molecule has 1 N–H and O–H groups in total. The van der Waals surface area contributed by atoms with Gasteiger partial charge in [-0.05, 0) is 61.9 Å². The molecule has 1 aromatic heterocycles. The number of hydrogen-bond acceptors (Lipinski definition) is 6. The van der Waals surface area contributed by atoms with Gasteiger partial charge in [-0.15, -0.1) is 0 Å². The molecule has 0 bridgehead atoms. The third-order valence-electron chi connectivity index (χ3n) is 6.27. The summed E-state index contributed by atoms with van der Waals surface area (Å²) in [6.07, 6.45) is 8.28. The minimum absolute atomic E-state index is 0.0273. The van der Waals surface area contributed by atoms with E-state index in [0.717, 1.165) is 43.5 Å². The fourth-order valence-corrected chi connectivity index (χ4v) is 4.32. The number of nitrogens with zero attached hydrogens (tertiary/aromatic N) is 3. The van der Waals surface area contributed by atoms with Crippen LogP contribution in [0.2, 0.25) is 0 Å². The molecule has 162 valence electrons. The fraction of sp³-hybridized carbons (Fsp3) is 0.458. The number of aldehydes is 1. The van der Waals surface area contributed by atoms with Crippen molar-refractivity contribution in [2.75, 3.05) is 31.1 Å². The van der Waals surface area contributed by atoms with Gasteiger partial charge in [0.05, 0.1) is 12.1 Å². The molecular weight excluding hydrogens is 392 g/mol. The average molecular weight is 421 g/mol. The summed E-state index contributed by atoms with van der Waals surface area (Å²) in [5.41, 5.74) is 3.25. The summed E-state index contributed by atoms with van der Waals surface area (Å²) in [4.78, 5) is 33.0. The number of ether oxygens (including phenoxy) is 1. The van der Waals surface area contributed by atoms with E-state index in [0.29, 0.717) is 48.4 Å². The Balaban J connectivity index is 1.40. The van der Waals surface area contributed by atoms with E-state index in [1.807, 2.05) is 23.1 Å². The lowest BCUT2D eigenvalue weighted by Gasteiger charge is -2.31. The van der Waals surface area contributed by atoms with Gasteiger partial charge in [-0.1, -0.05) is 0 Å². The van der Waals surface area contributed by atoms with Crippen LogP contribution in [0, 0.1) is 0 Å². The molecule has 2 aliphatic heterocycles. The number of carbonyl (C=O) groups is 2. The number of anilines is 2. The summed E-state index contributed by atoms with van der Waals surface area (Å²) in [6, 6.07) is 8.28. The molecule has 1 amide bonds. The molecule has 3 heterocycles. The van der Waals surface area contributed by atoms with Gasteiger partial charge >= 0.3 is 0 Å². The van der Waals surface area contributed by atoms with Crippen LogP contribution in [0.15, 0.2) is 30.5 Å². The van der Waals surface area contributed by atoms with Crippen molar-refractivity contribution in [1.82, 2.24) is 15.2 Å². The number of benzene rings is 1. The normalized spacial score (nSPS) is 18.3. The van der Waals surface area contributed by atoms with Crippen LogP contribution in [0.5, 0.6) is 5.75 Å². The van der Waals surface area contributed by atoms with Crippen LogP contribution in [0.3, 0.4) is 0 Å². The summed E-state index contributed by atoms with van der Waals surface area (Å²) in [5, 5.41) is 3.49. The van der Waals surface area contributed by atoms with E-state index in [4.69, 9.17) is 4.74 Å². The molecule has 1 aromatic carbocycles. The molecule has 2 fully saturated rings. The van der Waals surface area contributed by atoms with Crippen molar-refractivity contribution in [2.45, 2.75) is 44.7 Å². The van der Waals surface area contributed by atoms with Crippen molar-refractivity contribution in [2.24, 2.45) is 0 Å². The number of carbonyl (C=O) groups excluding carboxylic acids is 2. The van der Waals surface area contributed by atoms with Crippen molar-refractivity contribution in [1.29, 1.82) is 0 Å². The second-order valence-electron chi connectivity index (χ2n) is 8.55. The lowest BCUT2D eigenvalue weighted by molar-refractivity contribution is 0.0723. The van der Waals surface area contributed by atoms with Gasteiger partial charge in [0.15, 0.2) is 11.6 Å². The summed E-state index contributed by atoms with van der Waals surface area (Å²) >= 11 is 0. The maximum atomic E-state index is 12.9. The second kappa shape index (κ2) is 8.67. The second-order valence-corrected chi connectivity index (χ2v) is 8.55. The minimum atomic E-state index is 0.0273. The number of fused-ring (bicyclic) bond motifs is 1. The predicted octanol–water partition coefficient (Wildman–Crippen LogP) is 3.30. The molecule has 1 saturated carbocycles. The van der Waals surface area contributed by atoms with Crippen molar-refractivity contribution in [3.63, 3.8) is 0 Å². The molecule has 7 nitrogen and oxygen atoms in total. The molecule has 1 aliphatic carbocycles. The zero-order valence-corrected chi connectivity index (χ0v) is 17.7. The number of aromatic nitrogens is 1. The summed E-state index contributed by atoms with van der Waals surface area (Å²) in [7, 11) is 0. The third-order valence-corrected chi connectivity index (χ3v) is 6.27. The predicted molar refractivity (Wildman–Crippen MR) is 118 cm³/mol. The summed E-state index contributed by atoms with van der Waals surface area (Å²) in [5.74, 6) is 1.37. The highest BCUT2D eigenvalue weighted by Gasteiger charge is 2.26. The van der Waals surface area contributed by atoms with E-state index in [2.05, 4.69) is 21.3 Å². The highest BCUT2D eigenvalue weighted by Crippen LogP contribution is 2.36. The van der Waals surface area contributed by atoms with Crippen LogP contribution in [-0.4, -0.2) is 54.4 Å². The summed E-state index contributed by atoms with van der Waals surface area (Å²) < 4.78 is 5.87. The van der Waals surface area contributed by atoms with Gasteiger partial charge in [0.2, 0.25) is 0 Å². The Bertz CT molecular complexity index is 983. The standard InChI is InChI=1S/C24H28N4O3/c29-16-17-4-7-21(12-18(17)14-25-20-5-6-20)28-10-11-31-22-13-19(15-26-23(22)28)24(30)27-8-2-1-3-9-27/h4,7,12-13,15-16,20,25H,1-3,5-6,8-11,14H2. The summed E-state index contributed by atoms with van der Waals surface area (Å²) in [6.45, 7) is 3.48. The largest absolute Gasteiger partial charge is 0.488 e. The number of rotatable bonds is 6. The third kappa shape index (κ3) is 4.28. The van der Waals surface area contributed by atoms with E-state index in [-0.39, 0.29) is 5.91 Å². The Morgan fingerprint density at radius 1 is 1.16 bits per heavy atom. The van der Waals surface area contributed by atoms with E-state index in [1.54, 1.807) is 6.20 Å². The van der Waals surface area contributed by atoms with Crippen molar-refractivity contribution in [3.8, 4) is 5.75 Å². The van der Waals surface area contributed by atoms with E-state index < -0.39 is 0 Å². The highest BCUT2D eigenvalue weighted by atomic mass is 16.5. The van der Waals surface area contributed by atoms with Crippen LogP contribution >= 0.6 is 0 Å². The topological polar surface area (TPSA) is 74.8 Å². The van der Waals surface area contributed by atoms with Crippen molar-refractivity contribution in [3.05, 3.63) is 47.2 Å². The Morgan fingerprint density at radius 2 is 2.00 bits per heavy atom. The Labute approximate surface area is 182 Å². The number of hydrogen-bond donors (Lipinski definition) is 1.